The van der Waals surface area contributed by atoms with Gasteiger partial charge >= 0.3 is 28.4 Å². The van der Waals surface area contributed by atoms with E-state index in [0.29, 0.717) is 11.5 Å². The van der Waals surface area contributed by atoms with Crippen molar-refractivity contribution in [2.75, 3.05) is 26.4 Å². The molecule has 170 valence electrons. The monoisotopic (exact) mass is 451 g/mol. The summed E-state index contributed by atoms with van der Waals surface area (Å²) in [6.07, 6.45) is 0.608. The van der Waals surface area contributed by atoms with Crippen molar-refractivity contribution in [3.63, 3.8) is 0 Å². The molecule has 13 nitrogen and oxygen atoms in total. The Morgan fingerprint density at radius 2 is 1.67 bits per heavy atom. The van der Waals surface area contributed by atoms with Crippen LogP contribution >= 0.6 is 0 Å². The first kappa shape index (κ1) is 23.8. The summed E-state index contributed by atoms with van der Waals surface area (Å²) in [5.74, 6) is -1.92. The van der Waals surface area contributed by atoms with Gasteiger partial charge in [-0.3, -0.25) is 14.4 Å². The van der Waals surface area contributed by atoms with Crippen LogP contribution in [-0.2, 0) is 42.7 Å². The van der Waals surface area contributed by atoms with Crippen molar-refractivity contribution in [1.82, 2.24) is 9.96 Å². The number of rotatable bonds is 10. The Bertz CT molecular complexity index is 796. The van der Waals surface area contributed by atoms with E-state index in [1.807, 2.05) is 0 Å². The summed E-state index contributed by atoms with van der Waals surface area (Å²) in [7, 11) is -4.70. The fourth-order valence-electron chi connectivity index (χ4n) is 3.04. The van der Waals surface area contributed by atoms with Crippen LogP contribution in [0.15, 0.2) is 0 Å². The predicted octanol–water partition coefficient (Wildman–Crippen LogP) is -0.934. The van der Waals surface area contributed by atoms with Gasteiger partial charge in [0.1, 0.15) is 19.3 Å². The number of piperidine rings is 1. The number of hydrogen-bond acceptors (Lipinski definition) is 10. The molecule has 2 rings (SSSR count). The maximum absolute atomic E-state index is 12.4. The minimum absolute atomic E-state index is 0.0958. The van der Waals surface area contributed by atoms with E-state index in [9.17, 15) is 27.6 Å². The maximum atomic E-state index is 12.4. The Balaban J connectivity index is 2.02. The van der Waals surface area contributed by atoms with Crippen molar-refractivity contribution >= 4 is 34.3 Å². The van der Waals surface area contributed by atoms with Crippen LogP contribution in [0.2, 0.25) is 0 Å². The molecule has 3 amide bonds. The molecule has 2 saturated heterocycles. The molecule has 0 spiro atoms. The zero-order valence-electron chi connectivity index (χ0n) is 16.9. The van der Waals surface area contributed by atoms with Crippen LogP contribution in [0, 0.1) is 5.41 Å². The van der Waals surface area contributed by atoms with E-state index in [-0.39, 0.29) is 26.2 Å². The predicted molar refractivity (Wildman–Crippen MR) is 97.3 cm³/mol. The van der Waals surface area contributed by atoms with Gasteiger partial charge in [-0.05, 0) is 12.8 Å². The lowest BCUT2D eigenvalue weighted by atomic mass is 9.94. The smallest absolute Gasteiger partial charge is 0.421 e. The Kier molecular flexibility index (Phi) is 7.26. The quantitative estimate of drug-likeness (QED) is 0.409. The van der Waals surface area contributed by atoms with Gasteiger partial charge in [0.05, 0.1) is 18.1 Å². The second-order valence-electron chi connectivity index (χ2n) is 7.53. The van der Waals surface area contributed by atoms with Crippen LogP contribution in [0.4, 0.5) is 4.79 Å². The summed E-state index contributed by atoms with van der Waals surface area (Å²) in [6, 6.07) is -2.22. The molecule has 0 saturated carbocycles. The van der Waals surface area contributed by atoms with Crippen LogP contribution in [0.25, 0.3) is 0 Å². The van der Waals surface area contributed by atoms with Crippen LogP contribution < -0.4 is 5.73 Å². The third-order valence-corrected chi connectivity index (χ3v) is 5.37. The lowest BCUT2D eigenvalue weighted by molar-refractivity contribution is -0.152. The van der Waals surface area contributed by atoms with Gasteiger partial charge in [-0.2, -0.15) is 13.5 Å². The Morgan fingerprint density at radius 1 is 1.10 bits per heavy atom. The molecular weight excluding hydrogens is 426 g/mol. The number of urea groups is 1. The highest BCUT2D eigenvalue weighted by Crippen LogP contribution is 2.31. The number of primary amides is 1. The second-order valence-corrected chi connectivity index (χ2v) is 8.73. The first-order valence-electron chi connectivity index (χ1n) is 9.08. The summed E-state index contributed by atoms with van der Waals surface area (Å²) in [4.78, 5) is 47.2. The summed E-state index contributed by atoms with van der Waals surface area (Å²) in [6.45, 7) is 2.77. The van der Waals surface area contributed by atoms with E-state index in [0.717, 1.165) is 4.90 Å². The summed E-state index contributed by atoms with van der Waals surface area (Å²) < 4.78 is 44.0. The number of nitrogens with zero attached hydrogens (tertiary/aromatic N) is 2. The molecule has 2 atom stereocenters. The average molecular weight is 451 g/mol. The standard InChI is InChI=1S/C16H25N3O10S/c1-10(20)26-7-16(3,8-27-11(2)21)9-28-30(24,25)29-19-12-4-5-13(14(17)22)18(6-12)15(19)23/h12-13H,4-9H2,1-3H3,(H2,17,22)/t12-,13+/m1/s1. The molecule has 0 aromatic heterocycles. The van der Waals surface area contributed by atoms with E-state index in [4.69, 9.17) is 23.7 Å². The lowest BCUT2D eigenvalue weighted by Crippen LogP contribution is -2.47. The van der Waals surface area contributed by atoms with Crippen molar-refractivity contribution in [3.05, 3.63) is 0 Å². The number of carbonyl (C=O) groups is 4. The van der Waals surface area contributed by atoms with Gasteiger partial charge in [-0.15, -0.1) is 4.28 Å². The van der Waals surface area contributed by atoms with Crippen LogP contribution in [0.3, 0.4) is 0 Å². The van der Waals surface area contributed by atoms with E-state index < -0.39 is 58.4 Å². The van der Waals surface area contributed by atoms with Crippen molar-refractivity contribution in [3.8, 4) is 0 Å². The van der Waals surface area contributed by atoms with Crippen LogP contribution in [0.5, 0.6) is 0 Å². The molecule has 0 radical (unpaired) electrons. The second kappa shape index (κ2) is 9.14. The first-order chi connectivity index (χ1) is 13.8. The van der Waals surface area contributed by atoms with E-state index >= 15 is 0 Å². The molecule has 2 bridgehead atoms. The number of esters is 2. The van der Waals surface area contributed by atoms with Crippen LogP contribution in [-0.4, -0.2) is 80.7 Å². The fourth-order valence-corrected chi connectivity index (χ4v) is 3.89. The lowest BCUT2D eigenvalue weighted by Gasteiger charge is -2.28. The summed E-state index contributed by atoms with van der Waals surface area (Å²) >= 11 is 0. The molecule has 2 aliphatic rings. The SMILES string of the molecule is CC(=O)OCC(C)(COC(C)=O)COS(=O)(=O)ON1C(=O)N2C[C@H]1CC[C@H]2C(N)=O. The molecule has 0 aromatic rings. The maximum Gasteiger partial charge on any atom is 0.421 e. The van der Waals surface area contributed by atoms with Gasteiger partial charge < -0.3 is 20.1 Å². The number of ether oxygens (including phenoxy) is 2. The Morgan fingerprint density at radius 3 is 2.17 bits per heavy atom. The number of amides is 3. The molecule has 0 unspecified atom stereocenters. The van der Waals surface area contributed by atoms with Gasteiger partial charge in [0.15, 0.2) is 0 Å². The first-order valence-corrected chi connectivity index (χ1v) is 10.4. The summed E-state index contributed by atoms with van der Waals surface area (Å²) in [5, 5.41) is 0.647. The van der Waals surface area contributed by atoms with E-state index in [2.05, 4.69) is 0 Å². The van der Waals surface area contributed by atoms with Crippen molar-refractivity contribution in [2.45, 2.75) is 45.7 Å². The molecule has 0 aromatic carbocycles. The number of hydroxylamine groups is 2. The van der Waals surface area contributed by atoms with E-state index in [1.165, 1.54) is 20.8 Å². The largest absolute Gasteiger partial charge is 0.465 e. The number of nitrogens with two attached hydrogens (primary N) is 1. The number of fused-ring (bicyclic) bond motifs is 2. The van der Waals surface area contributed by atoms with Gasteiger partial charge in [0.2, 0.25) is 5.91 Å². The fraction of sp³-hybridized carbons (Fsp3) is 0.750. The van der Waals surface area contributed by atoms with Gasteiger partial charge in [-0.25, -0.2) is 8.98 Å². The number of hydrogen-bond donors (Lipinski definition) is 1. The normalized spacial score (nSPS) is 21.5. The van der Waals surface area contributed by atoms with Crippen LogP contribution in [0.1, 0.15) is 33.6 Å². The molecule has 2 aliphatic heterocycles. The van der Waals surface area contributed by atoms with Gasteiger partial charge in [-0.1, -0.05) is 6.92 Å². The minimum atomic E-state index is -4.70. The average Bonchev–Trinajstić information content (AvgIpc) is 2.87. The van der Waals surface area contributed by atoms with E-state index in [1.54, 1.807) is 0 Å². The van der Waals surface area contributed by atoms with Crippen molar-refractivity contribution < 1.29 is 45.5 Å². The van der Waals surface area contributed by atoms with Gasteiger partial charge in [0, 0.05) is 20.4 Å². The van der Waals surface area contributed by atoms with Crippen molar-refractivity contribution in [1.29, 1.82) is 0 Å². The van der Waals surface area contributed by atoms with Crippen molar-refractivity contribution in [2.24, 2.45) is 11.1 Å². The third-order valence-electron chi connectivity index (χ3n) is 4.62. The molecular formula is C16H25N3O10S. The topological polar surface area (TPSA) is 172 Å². The Hall–Kier alpha value is -2.45. The molecule has 2 fully saturated rings. The molecule has 2 heterocycles. The molecule has 2 N–H and O–H groups in total. The number of carbonyl (C=O) groups excluding carboxylic acids is 4. The molecule has 14 heteroatoms. The third kappa shape index (κ3) is 6.03. The zero-order chi connectivity index (χ0) is 22.7. The highest BCUT2D eigenvalue weighted by Gasteiger charge is 2.49. The van der Waals surface area contributed by atoms with Gasteiger partial charge in [0.25, 0.3) is 0 Å². The molecule has 0 aliphatic carbocycles. The highest BCUT2D eigenvalue weighted by atomic mass is 32.3. The minimum Gasteiger partial charge on any atom is -0.465 e. The zero-order valence-corrected chi connectivity index (χ0v) is 17.7. The summed E-state index contributed by atoms with van der Waals surface area (Å²) in [5.41, 5.74) is 4.08. The molecule has 30 heavy (non-hydrogen) atoms. The Labute approximate surface area is 173 Å². The highest BCUT2D eigenvalue weighted by molar-refractivity contribution is 7.81.